The van der Waals surface area contributed by atoms with E-state index < -0.39 is 0 Å². The number of hydrogen-bond acceptors (Lipinski definition) is 7. The Balaban J connectivity index is 1.49. The lowest BCUT2D eigenvalue weighted by atomic mass is 10.1. The second-order valence-corrected chi connectivity index (χ2v) is 8.30. The molecule has 0 unspecified atom stereocenters. The number of ether oxygens (including phenoxy) is 1. The largest absolute Gasteiger partial charge is 0.489 e. The first kappa shape index (κ1) is 20.8. The highest BCUT2D eigenvalue weighted by atomic mass is 32.1. The van der Waals surface area contributed by atoms with Crippen LogP contribution in [-0.4, -0.2) is 25.8 Å². The van der Waals surface area contributed by atoms with Crippen molar-refractivity contribution in [2.24, 2.45) is 7.05 Å². The average molecular weight is 438 g/mol. The van der Waals surface area contributed by atoms with Gasteiger partial charge in [0.05, 0.1) is 17.5 Å². The molecule has 0 saturated carbocycles. The van der Waals surface area contributed by atoms with Crippen molar-refractivity contribution in [3.8, 4) is 17.0 Å². The number of aromatic nitrogens is 4. The summed E-state index contributed by atoms with van der Waals surface area (Å²) >= 11 is 1.34. The summed E-state index contributed by atoms with van der Waals surface area (Å²) in [6.45, 7) is 7.94. The van der Waals surface area contributed by atoms with E-state index in [1.165, 1.54) is 11.3 Å². The van der Waals surface area contributed by atoms with Gasteiger partial charge in [-0.3, -0.25) is 14.8 Å². The maximum atomic E-state index is 12.8. The Morgan fingerprint density at radius 1 is 1.19 bits per heavy atom. The number of nitrogens with zero attached hydrogens (tertiary/aromatic N) is 4. The summed E-state index contributed by atoms with van der Waals surface area (Å²) in [4.78, 5) is 17.4. The third kappa shape index (κ3) is 4.36. The van der Waals surface area contributed by atoms with Crippen LogP contribution in [0.5, 0.6) is 5.75 Å². The van der Waals surface area contributed by atoms with Crippen molar-refractivity contribution in [3.63, 3.8) is 0 Å². The molecule has 3 heterocycles. The van der Waals surface area contributed by atoms with Crippen LogP contribution in [0, 0.1) is 27.7 Å². The zero-order valence-electron chi connectivity index (χ0n) is 18.0. The minimum Gasteiger partial charge on any atom is -0.489 e. The molecule has 9 heteroatoms. The zero-order chi connectivity index (χ0) is 22.1. The van der Waals surface area contributed by atoms with E-state index in [4.69, 9.17) is 9.26 Å². The van der Waals surface area contributed by atoms with Crippen LogP contribution < -0.4 is 10.1 Å². The molecule has 8 nitrogen and oxygen atoms in total. The van der Waals surface area contributed by atoms with Crippen LogP contribution in [0.1, 0.15) is 38.6 Å². The number of amides is 1. The second kappa shape index (κ2) is 8.35. The van der Waals surface area contributed by atoms with Gasteiger partial charge in [-0.2, -0.15) is 5.10 Å². The van der Waals surface area contributed by atoms with Crippen molar-refractivity contribution in [1.29, 1.82) is 0 Å². The summed E-state index contributed by atoms with van der Waals surface area (Å²) < 4.78 is 13.0. The standard InChI is InChI=1S/C22H23N5O3S/c1-12-6-13(2)8-16(7-12)29-10-18-15(4)30-26-20(18)21(28)25-22-24-19(11-31-22)17-9-23-27(5)14(17)3/h6-9,11H,10H2,1-5H3,(H,24,25,28). The van der Waals surface area contributed by atoms with Crippen molar-refractivity contribution in [1.82, 2.24) is 19.9 Å². The predicted molar refractivity (Wildman–Crippen MR) is 118 cm³/mol. The fourth-order valence-electron chi connectivity index (χ4n) is 3.27. The van der Waals surface area contributed by atoms with Gasteiger partial charge in [0.25, 0.3) is 5.91 Å². The zero-order valence-corrected chi connectivity index (χ0v) is 18.8. The molecule has 0 aliphatic heterocycles. The van der Waals surface area contributed by atoms with Crippen molar-refractivity contribution >= 4 is 22.4 Å². The quantitative estimate of drug-likeness (QED) is 0.474. The first-order chi connectivity index (χ1) is 14.8. The van der Waals surface area contributed by atoms with Gasteiger partial charge in [0, 0.05) is 23.7 Å². The van der Waals surface area contributed by atoms with Gasteiger partial charge in [-0.05, 0) is 51.0 Å². The third-order valence-corrected chi connectivity index (χ3v) is 5.77. The molecule has 1 N–H and O–H groups in total. The molecular weight excluding hydrogens is 414 g/mol. The molecule has 0 atom stereocenters. The normalized spacial score (nSPS) is 11.0. The Morgan fingerprint density at radius 2 is 1.94 bits per heavy atom. The Hall–Kier alpha value is -3.46. The highest BCUT2D eigenvalue weighted by molar-refractivity contribution is 7.14. The minimum absolute atomic E-state index is 0.180. The average Bonchev–Trinajstić information content (AvgIpc) is 3.40. The van der Waals surface area contributed by atoms with Gasteiger partial charge in [-0.15, -0.1) is 11.3 Å². The van der Waals surface area contributed by atoms with Crippen LogP contribution in [0.2, 0.25) is 0 Å². The SMILES string of the molecule is Cc1cc(C)cc(OCc2c(C(=O)Nc3nc(-c4cnn(C)c4C)cs3)noc2C)c1. The molecule has 0 spiro atoms. The number of nitrogens with one attached hydrogen (secondary N) is 1. The molecule has 0 aliphatic rings. The van der Waals surface area contributed by atoms with Crippen LogP contribution in [0.25, 0.3) is 11.3 Å². The number of benzene rings is 1. The Morgan fingerprint density at radius 3 is 2.61 bits per heavy atom. The second-order valence-electron chi connectivity index (χ2n) is 7.44. The highest BCUT2D eigenvalue weighted by Crippen LogP contribution is 2.28. The lowest BCUT2D eigenvalue weighted by Crippen LogP contribution is -2.15. The Labute approximate surface area is 183 Å². The Kier molecular flexibility index (Phi) is 5.60. The Bertz CT molecular complexity index is 1230. The number of thiazole rings is 1. The van der Waals surface area contributed by atoms with Crippen LogP contribution in [0.3, 0.4) is 0 Å². The van der Waals surface area contributed by atoms with Crippen LogP contribution in [0.4, 0.5) is 5.13 Å². The molecule has 31 heavy (non-hydrogen) atoms. The van der Waals surface area contributed by atoms with E-state index in [0.29, 0.717) is 16.5 Å². The molecular formula is C22H23N5O3S. The van der Waals surface area contributed by atoms with E-state index in [-0.39, 0.29) is 18.2 Å². The van der Waals surface area contributed by atoms with Gasteiger partial charge in [-0.1, -0.05) is 11.2 Å². The maximum absolute atomic E-state index is 12.8. The highest BCUT2D eigenvalue weighted by Gasteiger charge is 2.22. The number of aryl methyl sites for hydroxylation is 4. The van der Waals surface area contributed by atoms with Gasteiger partial charge in [0.15, 0.2) is 10.8 Å². The van der Waals surface area contributed by atoms with E-state index in [1.54, 1.807) is 17.8 Å². The van der Waals surface area contributed by atoms with Gasteiger partial charge in [-0.25, -0.2) is 4.98 Å². The molecule has 160 valence electrons. The predicted octanol–water partition coefficient (Wildman–Crippen LogP) is 4.60. The van der Waals surface area contributed by atoms with E-state index in [1.807, 2.05) is 45.3 Å². The van der Waals surface area contributed by atoms with Crippen LogP contribution >= 0.6 is 11.3 Å². The first-order valence-corrected chi connectivity index (χ1v) is 10.6. The van der Waals surface area contributed by atoms with Crippen molar-refractivity contribution in [3.05, 3.63) is 63.6 Å². The van der Waals surface area contributed by atoms with E-state index in [2.05, 4.69) is 26.6 Å². The number of carbonyl (C=O) groups excluding carboxylic acids is 1. The molecule has 0 radical (unpaired) electrons. The van der Waals surface area contributed by atoms with Crippen LogP contribution in [-0.2, 0) is 13.7 Å². The summed E-state index contributed by atoms with van der Waals surface area (Å²) in [6.07, 6.45) is 1.76. The molecule has 0 aliphatic carbocycles. The van der Waals surface area contributed by atoms with E-state index in [9.17, 15) is 4.79 Å². The molecule has 0 saturated heterocycles. The van der Waals surface area contributed by atoms with Gasteiger partial charge >= 0.3 is 0 Å². The molecule has 0 fully saturated rings. The molecule has 4 rings (SSSR count). The summed E-state index contributed by atoms with van der Waals surface area (Å²) in [5.74, 6) is 0.890. The lowest BCUT2D eigenvalue weighted by molar-refractivity contribution is 0.101. The summed E-state index contributed by atoms with van der Waals surface area (Å²) in [7, 11) is 1.88. The fourth-order valence-corrected chi connectivity index (χ4v) is 3.98. The van der Waals surface area contributed by atoms with Crippen molar-refractivity contribution in [2.75, 3.05) is 5.32 Å². The van der Waals surface area contributed by atoms with E-state index in [0.717, 1.165) is 33.8 Å². The minimum atomic E-state index is -0.389. The van der Waals surface area contributed by atoms with Gasteiger partial charge in [0.2, 0.25) is 0 Å². The molecule has 3 aromatic heterocycles. The van der Waals surface area contributed by atoms with Gasteiger partial charge in [0.1, 0.15) is 18.1 Å². The van der Waals surface area contributed by atoms with Gasteiger partial charge < -0.3 is 9.26 Å². The maximum Gasteiger partial charge on any atom is 0.280 e. The molecule has 1 amide bonds. The smallest absolute Gasteiger partial charge is 0.280 e. The number of hydrogen-bond donors (Lipinski definition) is 1. The van der Waals surface area contributed by atoms with Crippen molar-refractivity contribution < 1.29 is 14.1 Å². The summed E-state index contributed by atoms with van der Waals surface area (Å²) in [6, 6.07) is 5.98. The van der Waals surface area contributed by atoms with E-state index >= 15 is 0 Å². The summed E-state index contributed by atoms with van der Waals surface area (Å²) in [5, 5.41) is 13.3. The fraction of sp³-hybridized carbons (Fsp3) is 0.273. The monoisotopic (exact) mass is 437 g/mol. The first-order valence-electron chi connectivity index (χ1n) is 9.74. The number of carbonyl (C=O) groups is 1. The van der Waals surface area contributed by atoms with Crippen molar-refractivity contribution in [2.45, 2.75) is 34.3 Å². The molecule has 4 aromatic rings. The van der Waals surface area contributed by atoms with Crippen LogP contribution in [0.15, 0.2) is 34.3 Å². The molecule has 0 bridgehead atoms. The number of anilines is 1. The summed E-state index contributed by atoms with van der Waals surface area (Å²) in [5.41, 5.74) is 5.71. The lowest BCUT2D eigenvalue weighted by Gasteiger charge is -2.08. The topological polar surface area (TPSA) is 95.1 Å². The molecule has 1 aromatic carbocycles. The number of rotatable bonds is 6. The third-order valence-electron chi connectivity index (χ3n) is 5.01.